The highest BCUT2D eigenvalue weighted by Gasteiger charge is 2.44. The van der Waals surface area contributed by atoms with Crippen molar-refractivity contribution in [3.63, 3.8) is 0 Å². The number of aliphatic hydroxyl groups excluding tert-OH is 2. The van der Waals surface area contributed by atoms with Gasteiger partial charge in [-0.15, -0.1) is 0 Å². The zero-order valence-electron chi connectivity index (χ0n) is 12.7. The lowest BCUT2D eigenvalue weighted by Gasteiger charge is -2.17. The summed E-state index contributed by atoms with van der Waals surface area (Å²) in [4.78, 5) is 33.7. The maximum Gasteiger partial charge on any atom is 0.392 e. The summed E-state index contributed by atoms with van der Waals surface area (Å²) < 4.78 is 20.9. The number of hydrogen-bond donors (Lipinski definition) is 3. The maximum atomic E-state index is 11.8. The average Bonchev–Trinajstić information content (AvgIpc) is 2.81. The van der Waals surface area contributed by atoms with E-state index in [1.54, 1.807) is 0 Å². The largest absolute Gasteiger partial charge is 0.392 e. The van der Waals surface area contributed by atoms with Crippen LogP contribution in [0.3, 0.4) is 0 Å². The van der Waals surface area contributed by atoms with E-state index in [-0.39, 0.29) is 6.61 Å². The zero-order chi connectivity index (χ0) is 17.7. The number of rotatable bonds is 8. The van der Waals surface area contributed by atoms with Crippen LogP contribution >= 0.6 is 8.60 Å². The third-order valence-electron chi connectivity index (χ3n) is 3.08. The molecule has 0 aromatic carbocycles. The Morgan fingerprint density at radius 1 is 1.25 bits per heavy atom. The third-order valence-corrected chi connectivity index (χ3v) is 3.98. The fraction of sp³-hybridized carbons (Fsp3) is 0.636. The van der Waals surface area contributed by atoms with Gasteiger partial charge in [0.25, 0.3) is 5.56 Å². The number of aromatic amines is 1. The zero-order valence-corrected chi connectivity index (χ0v) is 13.6. The molecule has 2 heterocycles. The van der Waals surface area contributed by atoms with Crippen LogP contribution in [0.15, 0.2) is 21.9 Å². The number of ether oxygens (including phenoxy) is 1. The van der Waals surface area contributed by atoms with Gasteiger partial charge < -0.3 is 19.5 Å². The molecular formula is C11H17N2O10P. The molecule has 0 saturated carbocycles. The van der Waals surface area contributed by atoms with Gasteiger partial charge in [0.2, 0.25) is 0 Å². The number of aliphatic hydroxyl groups is 2. The number of nitrogens with one attached hydrogen (secondary N) is 1. The van der Waals surface area contributed by atoms with E-state index in [1.165, 1.54) is 14.2 Å². The van der Waals surface area contributed by atoms with Gasteiger partial charge in [0.1, 0.15) is 18.3 Å². The van der Waals surface area contributed by atoms with E-state index >= 15 is 0 Å². The van der Waals surface area contributed by atoms with Crippen LogP contribution in [0.4, 0.5) is 0 Å². The summed E-state index contributed by atoms with van der Waals surface area (Å²) in [6.07, 6.45) is -3.80. The van der Waals surface area contributed by atoms with Gasteiger partial charge in [0, 0.05) is 12.3 Å². The van der Waals surface area contributed by atoms with E-state index in [0.717, 1.165) is 16.8 Å². The summed E-state index contributed by atoms with van der Waals surface area (Å²) in [5, 5.41) is 20.1. The van der Waals surface area contributed by atoms with Crippen molar-refractivity contribution in [2.75, 3.05) is 20.8 Å². The van der Waals surface area contributed by atoms with E-state index in [4.69, 9.17) is 9.26 Å². The Morgan fingerprint density at radius 2 is 1.92 bits per heavy atom. The van der Waals surface area contributed by atoms with E-state index in [1.807, 2.05) is 4.98 Å². The van der Waals surface area contributed by atoms with Crippen molar-refractivity contribution in [3.8, 4) is 0 Å². The molecule has 1 aliphatic heterocycles. The van der Waals surface area contributed by atoms with Gasteiger partial charge in [-0.25, -0.2) is 14.6 Å². The van der Waals surface area contributed by atoms with Crippen molar-refractivity contribution in [3.05, 3.63) is 33.1 Å². The van der Waals surface area contributed by atoms with Crippen LogP contribution in [0.1, 0.15) is 6.23 Å². The van der Waals surface area contributed by atoms with Crippen molar-refractivity contribution in [1.29, 1.82) is 0 Å². The van der Waals surface area contributed by atoms with Crippen LogP contribution in [-0.4, -0.2) is 58.9 Å². The molecule has 1 fully saturated rings. The maximum absolute atomic E-state index is 11.8. The minimum Gasteiger partial charge on any atom is -0.387 e. The van der Waals surface area contributed by atoms with Crippen LogP contribution in [0.25, 0.3) is 0 Å². The summed E-state index contributed by atoms with van der Waals surface area (Å²) in [7, 11) is 0.452. The number of nitrogens with zero attached hydrogens (tertiary/aromatic N) is 1. The minimum atomic E-state index is -2.02. The van der Waals surface area contributed by atoms with Crippen LogP contribution in [-0.2, 0) is 28.4 Å². The van der Waals surface area contributed by atoms with Crippen molar-refractivity contribution in [1.82, 2.24) is 9.55 Å². The molecule has 1 aromatic heterocycles. The monoisotopic (exact) mass is 368 g/mol. The molecule has 1 aliphatic rings. The summed E-state index contributed by atoms with van der Waals surface area (Å²) >= 11 is 0. The van der Waals surface area contributed by atoms with E-state index < -0.39 is 44.4 Å². The molecule has 24 heavy (non-hydrogen) atoms. The van der Waals surface area contributed by atoms with E-state index in [0.29, 0.717) is 0 Å². The standard InChI is InChI=1S/C11H17N2O10P/c1-18-22-24(23-19-2)20-5-6-8(15)9(16)10(21-6)13-4-3-7(14)12-11(13)17/h3-4,6,8-10,15-16H,5H2,1-2H3,(H,12,14,17). The average molecular weight is 368 g/mol. The van der Waals surface area contributed by atoms with Crippen molar-refractivity contribution in [2.45, 2.75) is 24.5 Å². The van der Waals surface area contributed by atoms with Gasteiger partial charge >= 0.3 is 14.3 Å². The van der Waals surface area contributed by atoms with E-state index in [9.17, 15) is 19.8 Å². The quantitative estimate of drug-likeness (QED) is 0.282. The normalized spacial score (nSPS) is 27.0. The van der Waals surface area contributed by atoms with Gasteiger partial charge in [0.15, 0.2) is 6.23 Å². The van der Waals surface area contributed by atoms with Crippen molar-refractivity contribution >= 4 is 8.60 Å². The molecule has 4 unspecified atom stereocenters. The highest BCUT2D eigenvalue weighted by molar-refractivity contribution is 7.41. The van der Waals surface area contributed by atoms with Gasteiger partial charge in [-0.3, -0.25) is 14.3 Å². The molecule has 13 heteroatoms. The molecule has 3 N–H and O–H groups in total. The predicted octanol–water partition coefficient (Wildman–Crippen LogP) is -1.44. The second-order valence-corrected chi connectivity index (χ2v) is 5.57. The Labute approximate surface area is 136 Å². The summed E-state index contributed by atoms with van der Waals surface area (Å²) in [5.74, 6) is 0. The molecule has 1 aromatic rings. The topological polar surface area (TPSA) is 151 Å². The molecule has 0 amide bonds. The Morgan fingerprint density at radius 3 is 2.50 bits per heavy atom. The Bertz CT molecular complexity index is 630. The summed E-state index contributed by atoms with van der Waals surface area (Å²) in [6, 6.07) is 1.09. The van der Waals surface area contributed by atoms with E-state index in [2.05, 4.69) is 19.1 Å². The third kappa shape index (κ3) is 4.45. The first-order valence-electron chi connectivity index (χ1n) is 6.65. The summed E-state index contributed by atoms with van der Waals surface area (Å²) in [6.45, 7) is -0.245. The molecule has 136 valence electrons. The number of H-pyrrole nitrogens is 1. The molecular weight excluding hydrogens is 351 g/mol. The van der Waals surface area contributed by atoms with Gasteiger partial charge in [0.05, 0.1) is 20.8 Å². The molecule has 4 atom stereocenters. The molecule has 1 saturated heterocycles. The predicted molar refractivity (Wildman–Crippen MR) is 76.3 cm³/mol. The second kappa shape index (κ2) is 8.76. The molecule has 12 nitrogen and oxygen atoms in total. The van der Waals surface area contributed by atoms with Crippen LogP contribution in [0, 0.1) is 0 Å². The Kier molecular flexibility index (Phi) is 6.98. The first-order valence-corrected chi connectivity index (χ1v) is 7.75. The fourth-order valence-corrected chi connectivity index (χ4v) is 2.66. The lowest BCUT2D eigenvalue weighted by molar-refractivity contribution is -0.246. The summed E-state index contributed by atoms with van der Waals surface area (Å²) in [5.41, 5.74) is -1.38. The number of hydrogen-bond acceptors (Lipinski definition) is 10. The highest BCUT2D eigenvalue weighted by Crippen LogP contribution is 2.41. The van der Waals surface area contributed by atoms with Crippen molar-refractivity contribution < 1.29 is 38.6 Å². The lowest BCUT2D eigenvalue weighted by atomic mass is 10.1. The Balaban J connectivity index is 2.04. The highest BCUT2D eigenvalue weighted by atomic mass is 31.2. The molecule has 0 bridgehead atoms. The van der Waals surface area contributed by atoms with Crippen LogP contribution in [0.2, 0.25) is 0 Å². The molecule has 0 aliphatic carbocycles. The lowest BCUT2D eigenvalue weighted by Crippen LogP contribution is -2.37. The van der Waals surface area contributed by atoms with Crippen LogP contribution < -0.4 is 11.2 Å². The first-order chi connectivity index (χ1) is 11.5. The van der Waals surface area contributed by atoms with Gasteiger partial charge in [-0.05, 0) is 0 Å². The number of aromatic nitrogens is 2. The van der Waals surface area contributed by atoms with Crippen LogP contribution in [0.5, 0.6) is 0 Å². The fourth-order valence-electron chi connectivity index (χ4n) is 2.04. The Hall–Kier alpha value is -1.21. The molecule has 0 spiro atoms. The van der Waals surface area contributed by atoms with Gasteiger partial charge in [-0.1, -0.05) is 0 Å². The van der Waals surface area contributed by atoms with Gasteiger partial charge in [-0.2, -0.15) is 9.35 Å². The minimum absolute atomic E-state index is 0.245. The SMILES string of the molecule is COOP(OCC1OC(n2ccc(=O)[nH]c2=O)C(O)C1O)OOC. The smallest absolute Gasteiger partial charge is 0.387 e. The molecule has 2 rings (SSSR count). The second-order valence-electron chi connectivity index (χ2n) is 4.57. The molecule has 0 radical (unpaired) electrons. The van der Waals surface area contributed by atoms with Crippen molar-refractivity contribution in [2.24, 2.45) is 0 Å². The first kappa shape index (κ1) is 19.1.